The quantitative estimate of drug-likeness (QED) is 0.658. The Morgan fingerprint density at radius 3 is 2.88 bits per heavy atom. The van der Waals surface area contributed by atoms with E-state index in [1.807, 2.05) is 24.3 Å². The van der Waals surface area contributed by atoms with Gasteiger partial charge in [0.25, 0.3) is 0 Å². The minimum atomic E-state index is -0.182. The molecule has 0 unspecified atom stereocenters. The lowest BCUT2D eigenvalue weighted by atomic mass is 9.96. The van der Waals surface area contributed by atoms with Crippen LogP contribution in [-0.2, 0) is 0 Å². The first kappa shape index (κ1) is 15.5. The van der Waals surface area contributed by atoms with Crippen molar-refractivity contribution >= 4 is 17.0 Å². The molecule has 2 atom stereocenters. The molecule has 2 aliphatic heterocycles. The second-order valence-corrected chi connectivity index (χ2v) is 7.38. The van der Waals surface area contributed by atoms with Gasteiger partial charge in [0.2, 0.25) is 6.23 Å². The predicted molar refractivity (Wildman–Crippen MR) is 103 cm³/mol. The van der Waals surface area contributed by atoms with E-state index < -0.39 is 0 Å². The Kier molecular flexibility index (Phi) is 3.68. The minimum Gasteiger partial charge on any atom is -0.497 e. The Balaban J connectivity index is 1.58. The van der Waals surface area contributed by atoms with Gasteiger partial charge in [-0.1, -0.05) is 36.4 Å². The first-order valence-electron chi connectivity index (χ1n) is 8.63. The van der Waals surface area contributed by atoms with E-state index in [1.54, 1.807) is 18.4 Å². The molecule has 0 radical (unpaired) electrons. The number of methoxy groups -OCH3 is 1. The molecule has 5 rings (SSSR count). The molecule has 0 amide bonds. The molecule has 130 valence electrons. The van der Waals surface area contributed by atoms with Crippen molar-refractivity contribution in [2.45, 2.75) is 18.7 Å². The zero-order valence-electron chi connectivity index (χ0n) is 14.3. The highest BCUT2D eigenvalue weighted by molar-refractivity contribution is 7.10. The molecule has 1 aromatic heterocycles. The summed E-state index contributed by atoms with van der Waals surface area (Å²) in [5.74, 6) is 1.80. The van der Waals surface area contributed by atoms with Crippen molar-refractivity contribution in [3.8, 4) is 11.5 Å². The Morgan fingerprint density at radius 1 is 1.12 bits per heavy atom. The van der Waals surface area contributed by atoms with Crippen molar-refractivity contribution in [3.05, 3.63) is 82.0 Å². The third-order valence-corrected chi connectivity index (χ3v) is 5.79. The fourth-order valence-electron chi connectivity index (χ4n) is 3.63. The summed E-state index contributed by atoms with van der Waals surface area (Å²) in [6, 6.07) is 20.7. The second kappa shape index (κ2) is 6.18. The number of nitrogens with zero attached hydrogens (tertiary/aromatic N) is 2. The van der Waals surface area contributed by atoms with E-state index in [2.05, 4.69) is 46.8 Å². The maximum Gasteiger partial charge on any atom is 0.222 e. The van der Waals surface area contributed by atoms with Gasteiger partial charge in [0.1, 0.15) is 11.5 Å². The van der Waals surface area contributed by atoms with Gasteiger partial charge in [0, 0.05) is 17.5 Å². The topological polar surface area (TPSA) is 34.1 Å². The molecule has 4 nitrogen and oxygen atoms in total. The van der Waals surface area contributed by atoms with Gasteiger partial charge in [-0.3, -0.25) is 0 Å². The highest BCUT2D eigenvalue weighted by atomic mass is 32.1. The molecule has 0 saturated heterocycles. The summed E-state index contributed by atoms with van der Waals surface area (Å²) in [6.07, 6.45) is 0.674. The smallest absolute Gasteiger partial charge is 0.222 e. The molecule has 0 spiro atoms. The van der Waals surface area contributed by atoms with Crippen LogP contribution in [0.5, 0.6) is 11.5 Å². The molecular weight excluding hydrogens is 344 g/mol. The van der Waals surface area contributed by atoms with Gasteiger partial charge < -0.3 is 9.47 Å². The number of benzene rings is 2. The van der Waals surface area contributed by atoms with Gasteiger partial charge in [0.05, 0.1) is 23.7 Å². The number of hydrogen-bond donors (Lipinski definition) is 0. The zero-order chi connectivity index (χ0) is 17.5. The van der Waals surface area contributed by atoms with Gasteiger partial charge in [-0.2, -0.15) is 5.10 Å². The van der Waals surface area contributed by atoms with Crippen LogP contribution in [0.2, 0.25) is 0 Å². The number of ether oxygens (including phenoxy) is 2. The molecule has 5 heteroatoms. The number of hydrazone groups is 1. The summed E-state index contributed by atoms with van der Waals surface area (Å²) >= 11 is 1.70. The summed E-state index contributed by atoms with van der Waals surface area (Å²) in [5.41, 5.74) is 3.36. The Bertz CT molecular complexity index is 968. The maximum absolute atomic E-state index is 6.32. The lowest BCUT2D eigenvalue weighted by molar-refractivity contribution is -0.0165. The highest BCUT2D eigenvalue weighted by Gasteiger charge is 2.41. The summed E-state index contributed by atoms with van der Waals surface area (Å²) in [6.45, 7) is 0. The average Bonchev–Trinajstić information content (AvgIpc) is 3.37. The average molecular weight is 362 g/mol. The third kappa shape index (κ3) is 2.47. The van der Waals surface area contributed by atoms with Crippen molar-refractivity contribution in [3.63, 3.8) is 0 Å². The third-order valence-electron chi connectivity index (χ3n) is 4.89. The first-order chi connectivity index (χ1) is 12.8. The van der Waals surface area contributed by atoms with E-state index >= 15 is 0 Å². The van der Waals surface area contributed by atoms with Crippen LogP contribution >= 0.6 is 11.3 Å². The molecule has 0 bridgehead atoms. The highest BCUT2D eigenvalue weighted by Crippen LogP contribution is 2.48. The molecule has 3 aromatic rings. The van der Waals surface area contributed by atoms with Crippen molar-refractivity contribution in [1.82, 2.24) is 5.01 Å². The Hall–Kier alpha value is -2.79. The fourth-order valence-corrected chi connectivity index (χ4v) is 4.37. The normalized spacial score (nSPS) is 20.8. The molecule has 26 heavy (non-hydrogen) atoms. The van der Waals surface area contributed by atoms with E-state index in [0.29, 0.717) is 0 Å². The van der Waals surface area contributed by atoms with Crippen molar-refractivity contribution < 1.29 is 9.47 Å². The number of hydrogen-bond acceptors (Lipinski definition) is 5. The SMILES string of the molecule is COc1cccc(C2=NN3[C@H](C2)c2ccccc2O[C@H]3c2cccs2)c1. The Morgan fingerprint density at radius 2 is 2.04 bits per heavy atom. The van der Waals surface area contributed by atoms with Crippen molar-refractivity contribution in [2.24, 2.45) is 5.10 Å². The van der Waals surface area contributed by atoms with Crippen LogP contribution in [0.3, 0.4) is 0 Å². The summed E-state index contributed by atoms with van der Waals surface area (Å²) < 4.78 is 11.7. The van der Waals surface area contributed by atoms with Crippen LogP contribution in [0.15, 0.2) is 71.1 Å². The lowest BCUT2D eigenvalue weighted by Crippen LogP contribution is -2.33. The summed E-state index contributed by atoms with van der Waals surface area (Å²) in [5, 5.41) is 9.16. The second-order valence-electron chi connectivity index (χ2n) is 6.40. The van der Waals surface area contributed by atoms with Crippen molar-refractivity contribution in [2.75, 3.05) is 7.11 Å². The van der Waals surface area contributed by atoms with Gasteiger partial charge in [0.15, 0.2) is 0 Å². The van der Waals surface area contributed by atoms with Crippen LogP contribution in [0.25, 0.3) is 0 Å². The monoisotopic (exact) mass is 362 g/mol. The van der Waals surface area contributed by atoms with Crippen LogP contribution in [0.4, 0.5) is 0 Å². The molecule has 0 aliphatic carbocycles. The van der Waals surface area contributed by atoms with Crippen molar-refractivity contribution in [1.29, 1.82) is 0 Å². The number of rotatable bonds is 3. The number of fused-ring (bicyclic) bond motifs is 3. The fraction of sp³-hybridized carbons (Fsp3) is 0.190. The molecule has 0 saturated carbocycles. The lowest BCUT2D eigenvalue weighted by Gasteiger charge is -2.37. The minimum absolute atomic E-state index is 0.182. The van der Waals surface area contributed by atoms with Crippen LogP contribution in [-0.4, -0.2) is 17.8 Å². The van der Waals surface area contributed by atoms with E-state index in [9.17, 15) is 0 Å². The summed E-state index contributed by atoms with van der Waals surface area (Å²) in [7, 11) is 1.69. The molecule has 0 N–H and O–H groups in total. The van der Waals surface area contributed by atoms with E-state index in [1.165, 1.54) is 10.4 Å². The molecule has 2 aliphatic rings. The van der Waals surface area contributed by atoms with Crippen LogP contribution in [0, 0.1) is 0 Å². The van der Waals surface area contributed by atoms with Crippen LogP contribution in [0.1, 0.15) is 34.7 Å². The predicted octanol–water partition coefficient (Wildman–Crippen LogP) is 5.00. The standard InChI is InChI=1S/C21H18N2O2S/c1-24-15-7-4-6-14(12-15)17-13-18-16-8-2-3-9-19(16)25-21(23(18)22-17)20-10-5-11-26-20/h2-12,18,21H,13H2,1H3/t18-,21+/m1/s1. The van der Waals surface area contributed by atoms with Gasteiger partial charge in [-0.15, -0.1) is 11.3 Å². The summed E-state index contributed by atoms with van der Waals surface area (Å²) in [4.78, 5) is 1.17. The molecule has 3 heterocycles. The van der Waals surface area contributed by atoms with E-state index in [-0.39, 0.29) is 12.3 Å². The maximum atomic E-state index is 6.32. The van der Waals surface area contributed by atoms with Gasteiger partial charge in [-0.05, 0) is 29.6 Å². The number of para-hydroxylation sites is 1. The van der Waals surface area contributed by atoms with Gasteiger partial charge in [-0.25, -0.2) is 5.01 Å². The van der Waals surface area contributed by atoms with E-state index in [0.717, 1.165) is 29.2 Å². The van der Waals surface area contributed by atoms with Crippen LogP contribution < -0.4 is 9.47 Å². The van der Waals surface area contributed by atoms with Gasteiger partial charge >= 0.3 is 0 Å². The number of thiophene rings is 1. The Labute approximate surface area is 156 Å². The molecular formula is C21H18N2O2S. The molecule has 2 aromatic carbocycles. The molecule has 0 fully saturated rings. The largest absolute Gasteiger partial charge is 0.497 e. The first-order valence-corrected chi connectivity index (χ1v) is 9.50. The van der Waals surface area contributed by atoms with E-state index in [4.69, 9.17) is 14.6 Å². The zero-order valence-corrected chi connectivity index (χ0v) is 15.1.